The molecule has 1 unspecified atom stereocenters. The van der Waals surface area contributed by atoms with Crippen LogP contribution < -0.4 is 0 Å². The average Bonchev–Trinajstić information content (AvgIpc) is 2.61. The van der Waals surface area contributed by atoms with E-state index in [0.717, 1.165) is 24.0 Å². The van der Waals surface area contributed by atoms with E-state index in [2.05, 4.69) is 4.90 Å². The fourth-order valence-electron chi connectivity index (χ4n) is 2.89. The average molecular weight is 235 g/mol. The fourth-order valence-corrected chi connectivity index (χ4v) is 2.89. The van der Waals surface area contributed by atoms with Crippen LogP contribution in [0.15, 0.2) is 18.2 Å². The van der Waals surface area contributed by atoms with E-state index in [-0.39, 0.29) is 17.8 Å². The first kappa shape index (κ1) is 10.7. The second kappa shape index (κ2) is 3.81. The van der Waals surface area contributed by atoms with Crippen molar-refractivity contribution in [3.8, 4) is 0 Å². The molecule has 1 saturated heterocycles. The van der Waals surface area contributed by atoms with Gasteiger partial charge in [0.2, 0.25) is 0 Å². The lowest BCUT2D eigenvalue weighted by molar-refractivity contribution is -0.148. The molecule has 1 aliphatic carbocycles. The molecular weight excluding hydrogens is 221 g/mol. The summed E-state index contributed by atoms with van der Waals surface area (Å²) in [6.07, 6.45) is 1.67. The van der Waals surface area contributed by atoms with Gasteiger partial charge in [-0.3, -0.25) is 9.69 Å². The molecule has 3 nitrogen and oxygen atoms in total. The number of rotatable bonds is 2. The van der Waals surface area contributed by atoms with Crippen LogP contribution in [0.25, 0.3) is 0 Å². The van der Waals surface area contributed by atoms with E-state index in [1.807, 2.05) is 6.07 Å². The van der Waals surface area contributed by atoms with Crippen molar-refractivity contribution in [2.75, 3.05) is 13.1 Å². The Morgan fingerprint density at radius 2 is 2.18 bits per heavy atom. The van der Waals surface area contributed by atoms with Gasteiger partial charge in [0.25, 0.3) is 0 Å². The van der Waals surface area contributed by atoms with Crippen molar-refractivity contribution in [2.24, 2.45) is 5.92 Å². The Bertz CT molecular complexity index is 468. The highest BCUT2D eigenvalue weighted by atomic mass is 19.1. The van der Waals surface area contributed by atoms with E-state index >= 15 is 0 Å². The van der Waals surface area contributed by atoms with Gasteiger partial charge in [-0.2, -0.15) is 0 Å². The van der Waals surface area contributed by atoms with Gasteiger partial charge in [0, 0.05) is 19.1 Å². The molecule has 1 heterocycles. The summed E-state index contributed by atoms with van der Waals surface area (Å²) in [6.45, 7) is 1.19. The maximum Gasteiger partial charge on any atom is 0.309 e. The number of hydrogen-bond donors (Lipinski definition) is 1. The Morgan fingerprint density at radius 1 is 1.41 bits per heavy atom. The van der Waals surface area contributed by atoms with Gasteiger partial charge in [0.15, 0.2) is 0 Å². The van der Waals surface area contributed by atoms with Gasteiger partial charge in [-0.05, 0) is 30.0 Å². The minimum Gasteiger partial charge on any atom is -0.481 e. The number of carboxylic acids is 1. The zero-order valence-corrected chi connectivity index (χ0v) is 9.40. The lowest BCUT2D eigenvalue weighted by Crippen LogP contribution is -2.51. The maximum absolute atomic E-state index is 13.5. The first-order chi connectivity index (χ1) is 8.16. The third-order valence-corrected chi connectivity index (χ3v) is 3.88. The number of carbonyl (C=O) groups is 1. The Morgan fingerprint density at radius 3 is 2.88 bits per heavy atom. The van der Waals surface area contributed by atoms with Crippen LogP contribution in [0.1, 0.15) is 23.6 Å². The SMILES string of the molecule is O=C(O)C1CN(C2CCc3c(F)cccc32)C1. The van der Waals surface area contributed by atoms with E-state index in [1.165, 1.54) is 6.07 Å². The second-order valence-corrected chi connectivity index (χ2v) is 4.85. The summed E-state index contributed by atoms with van der Waals surface area (Å²) >= 11 is 0. The van der Waals surface area contributed by atoms with Crippen LogP contribution in [-0.2, 0) is 11.2 Å². The van der Waals surface area contributed by atoms with E-state index in [4.69, 9.17) is 5.11 Å². The number of benzene rings is 1. The van der Waals surface area contributed by atoms with Crippen molar-refractivity contribution in [1.82, 2.24) is 4.90 Å². The standard InChI is InChI=1S/C13H14FNO2/c14-11-3-1-2-10-9(11)4-5-12(10)15-6-8(7-15)13(16)17/h1-3,8,12H,4-7H2,(H,16,17). The molecule has 0 bridgehead atoms. The van der Waals surface area contributed by atoms with Gasteiger partial charge in [-0.15, -0.1) is 0 Å². The number of fused-ring (bicyclic) bond motifs is 1. The van der Waals surface area contributed by atoms with Crippen LogP contribution in [-0.4, -0.2) is 29.1 Å². The zero-order valence-electron chi connectivity index (χ0n) is 9.40. The van der Waals surface area contributed by atoms with E-state index < -0.39 is 5.97 Å². The number of carboxylic acid groups (broad SMARTS) is 1. The second-order valence-electron chi connectivity index (χ2n) is 4.85. The predicted molar refractivity (Wildman–Crippen MR) is 60.2 cm³/mol. The molecule has 0 spiro atoms. The smallest absolute Gasteiger partial charge is 0.309 e. The molecule has 1 aromatic rings. The summed E-state index contributed by atoms with van der Waals surface area (Å²) in [7, 11) is 0. The van der Waals surface area contributed by atoms with Crippen molar-refractivity contribution in [3.63, 3.8) is 0 Å². The topological polar surface area (TPSA) is 40.5 Å². The molecule has 0 saturated carbocycles. The first-order valence-corrected chi connectivity index (χ1v) is 5.91. The summed E-state index contributed by atoms with van der Waals surface area (Å²) in [6, 6.07) is 5.42. The molecule has 1 fully saturated rings. The van der Waals surface area contributed by atoms with Gasteiger partial charge in [0.1, 0.15) is 5.82 Å². The minimum atomic E-state index is -0.723. The van der Waals surface area contributed by atoms with Crippen molar-refractivity contribution in [3.05, 3.63) is 35.1 Å². The van der Waals surface area contributed by atoms with Crippen molar-refractivity contribution in [1.29, 1.82) is 0 Å². The Hall–Kier alpha value is -1.42. The number of hydrogen-bond acceptors (Lipinski definition) is 2. The third kappa shape index (κ3) is 1.63. The van der Waals surface area contributed by atoms with Gasteiger partial charge in [0.05, 0.1) is 5.92 Å². The number of nitrogens with zero attached hydrogens (tertiary/aromatic N) is 1. The van der Waals surface area contributed by atoms with E-state index in [9.17, 15) is 9.18 Å². The fraction of sp³-hybridized carbons (Fsp3) is 0.462. The van der Waals surface area contributed by atoms with Gasteiger partial charge in [-0.25, -0.2) is 4.39 Å². The molecule has 1 N–H and O–H groups in total. The van der Waals surface area contributed by atoms with Crippen molar-refractivity contribution < 1.29 is 14.3 Å². The highest BCUT2D eigenvalue weighted by molar-refractivity contribution is 5.71. The predicted octanol–water partition coefficient (Wildman–Crippen LogP) is 1.83. The molecule has 0 aromatic heterocycles. The van der Waals surface area contributed by atoms with Crippen molar-refractivity contribution >= 4 is 5.97 Å². The summed E-state index contributed by atoms with van der Waals surface area (Å²) in [5.41, 5.74) is 1.87. The maximum atomic E-state index is 13.5. The highest BCUT2D eigenvalue weighted by Crippen LogP contribution is 2.40. The molecule has 90 valence electrons. The first-order valence-electron chi connectivity index (χ1n) is 5.91. The van der Waals surface area contributed by atoms with Crippen LogP contribution in [0.2, 0.25) is 0 Å². The van der Waals surface area contributed by atoms with Gasteiger partial charge >= 0.3 is 5.97 Å². The Balaban J connectivity index is 1.77. The number of halogens is 1. The molecule has 1 aromatic carbocycles. The summed E-state index contributed by atoms with van der Waals surface area (Å²) in [4.78, 5) is 12.9. The van der Waals surface area contributed by atoms with Gasteiger partial charge in [-0.1, -0.05) is 12.1 Å². The summed E-state index contributed by atoms with van der Waals surface area (Å²) < 4.78 is 13.5. The molecule has 4 heteroatoms. The summed E-state index contributed by atoms with van der Waals surface area (Å²) in [5, 5.41) is 8.85. The normalized spacial score (nSPS) is 24.4. The quantitative estimate of drug-likeness (QED) is 0.850. The molecule has 1 aliphatic heterocycles. The minimum absolute atomic E-state index is 0.125. The van der Waals surface area contributed by atoms with Gasteiger partial charge < -0.3 is 5.11 Å². The van der Waals surface area contributed by atoms with Crippen LogP contribution in [0, 0.1) is 11.7 Å². The lowest BCUT2D eigenvalue weighted by atomic mass is 9.95. The lowest BCUT2D eigenvalue weighted by Gasteiger charge is -2.41. The van der Waals surface area contributed by atoms with E-state index in [0.29, 0.717) is 13.1 Å². The van der Waals surface area contributed by atoms with Crippen LogP contribution >= 0.6 is 0 Å². The molecule has 3 rings (SSSR count). The zero-order chi connectivity index (χ0) is 12.0. The molecule has 2 aliphatic rings. The monoisotopic (exact) mass is 235 g/mol. The van der Waals surface area contributed by atoms with Crippen LogP contribution in [0.4, 0.5) is 4.39 Å². The Labute approximate surface area is 98.9 Å². The molecular formula is C13H14FNO2. The summed E-state index contributed by atoms with van der Waals surface area (Å²) in [5.74, 6) is -1.09. The number of aliphatic carboxylic acids is 1. The molecule has 1 atom stereocenters. The molecule has 0 amide bonds. The highest BCUT2D eigenvalue weighted by Gasteiger charge is 2.39. The number of likely N-dealkylation sites (tertiary alicyclic amines) is 1. The van der Waals surface area contributed by atoms with Crippen LogP contribution in [0.5, 0.6) is 0 Å². The Kier molecular flexibility index (Phi) is 2.40. The van der Waals surface area contributed by atoms with E-state index in [1.54, 1.807) is 6.07 Å². The third-order valence-electron chi connectivity index (χ3n) is 3.88. The molecule has 0 radical (unpaired) electrons. The molecule has 17 heavy (non-hydrogen) atoms. The largest absolute Gasteiger partial charge is 0.481 e. The van der Waals surface area contributed by atoms with Crippen molar-refractivity contribution in [2.45, 2.75) is 18.9 Å². The van der Waals surface area contributed by atoms with Crippen LogP contribution in [0.3, 0.4) is 0 Å².